The molecule has 0 unspecified atom stereocenters. The predicted octanol–water partition coefficient (Wildman–Crippen LogP) is 5.38. The number of benzene rings is 2. The van der Waals surface area contributed by atoms with Crippen molar-refractivity contribution in [2.75, 3.05) is 18.4 Å². The summed E-state index contributed by atoms with van der Waals surface area (Å²) in [6.07, 6.45) is -3.23. The Morgan fingerprint density at radius 1 is 1.11 bits per heavy atom. The highest BCUT2D eigenvalue weighted by Crippen LogP contribution is 2.31. The van der Waals surface area contributed by atoms with Crippen LogP contribution in [0.1, 0.15) is 39.8 Å². The minimum absolute atomic E-state index is 0.0222. The highest BCUT2D eigenvalue weighted by molar-refractivity contribution is 7.10. The number of carbonyl (C=O) groups is 2. The fraction of sp³-hybridized carbons (Fsp3) is 0.292. The maximum absolute atomic E-state index is 13.0. The molecule has 0 bridgehead atoms. The first kappa shape index (κ1) is 24.6. The summed E-state index contributed by atoms with van der Waals surface area (Å²) in [6.45, 7) is 1.11. The fourth-order valence-corrected chi connectivity index (χ4v) is 4.78. The first-order valence-corrected chi connectivity index (χ1v) is 11.7. The van der Waals surface area contributed by atoms with Crippen molar-refractivity contribution < 1.29 is 31.9 Å². The molecule has 6 nitrogen and oxygen atoms in total. The van der Waals surface area contributed by atoms with Gasteiger partial charge in [0.15, 0.2) is 0 Å². The third-order valence-electron chi connectivity index (χ3n) is 5.55. The minimum atomic E-state index is -4.83. The van der Waals surface area contributed by atoms with E-state index in [1.807, 2.05) is 0 Å². The number of thiazole rings is 1. The zero-order valence-corrected chi connectivity index (χ0v) is 19.2. The van der Waals surface area contributed by atoms with Crippen LogP contribution in [0, 0.1) is 5.82 Å². The van der Waals surface area contributed by atoms with E-state index in [2.05, 4.69) is 15.0 Å². The summed E-state index contributed by atoms with van der Waals surface area (Å²) in [5.41, 5.74) is 1.07. The number of rotatable bonds is 6. The molecule has 1 aliphatic rings. The Morgan fingerprint density at radius 2 is 1.83 bits per heavy atom. The Hall–Kier alpha value is -3.47. The normalized spacial score (nSPS) is 14.6. The first-order valence-electron chi connectivity index (χ1n) is 10.8. The average molecular weight is 508 g/mol. The second-order valence-electron chi connectivity index (χ2n) is 8.06. The van der Waals surface area contributed by atoms with Crippen LogP contribution in [0.4, 0.5) is 23.2 Å². The van der Waals surface area contributed by atoms with Crippen molar-refractivity contribution in [2.24, 2.45) is 0 Å². The van der Waals surface area contributed by atoms with E-state index in [9.17, 15) is 27.2 Å². The van der Waals surface area contributed by atoms with Gasteiger partial charge in [-0.05, 0) is 42.7 Å². The van der Waals surface area contributed by atoms with Crippen molar-refractivity contribution in [3.8, 4) is 5.75 Å². The zero-order valence-electron chi connectivity index (χ0n) is 18.3. The van der Waals surface area contributed by atoms with E-state index in [-0.39, 0.29) is 35.4 Å². The number of hydrogen-bond acceptors (Lipinski definition) is 5. The van der Waals surface area contributed by atoms with Crippen molar-refractivity contribution in [3.05, 3.63) is 76.0 Å². The van der Waals surface area contributed by atoms with Crippen LogP contribution in [0.5, 0.6) is 5.75 Å². The molecule has 1 aromatic heterocycles. The summed E-state index contributed by atoms with van der Waals surface area (Å²) < 4.78 is 54.1. The lowest BCUT2D eigenvalue weighted by Gasteiger charge is -2.31. The maximum atomic E-state index is 13.0. The molecule has 0 saturated carbocycles. The summed E-state index contributed by atoms with van der Waals surface area (Å²) in [5, 5.41) is 4.91. The number of amides is 2. The van der Waals surface area contributed by atoms with E-state index in [1.54, 1.807) is 22.4 Å². The topological polar surface area (TPSA) is 71.5 Å². The summed E-state index contributed by atoms with van der Waals surface area (Å²) in [7, 11) is 0. The third-order valence-corrected chi connectivity index (χ3v) is 6.55. The van der Waals surface area contributed by atoms with Gasteiger partial charge < -0.3 is 15.0 Å². The van der Waals surface area contributed by atoms with Crippen LogP contribution >= 0.6 is 11.3 Å². The lowest BCUT2D eigenvalue weighted by molar-refractivity contribution is -0.274. The standard InChI is InChI=1S/C24H21F4N3O3S/c25-17-6-4-15(5-7-17)12-21(32)31-10-8-16(9-11-31)23-30-20(14-35-23)22(33)29-18-2-1-3-19(13-18)34-24(26,27)28/h1-7,13-14,16H,8-12H2,(H,29,33). The number of ether oxygens (including phenoxy) is 1. The molecule has 0 radical (unpaired) electrons. The molecule has 35 heavy (non-hydrogen) atoms. The number of hydrogen-bond donors (Lipinski definition) is 1. The third kappa shape index (κ3) is 6.78. The van der Waals surface area contributed by atoms with Crippen LogP contribution < -0.4 is 10.1 Å². The number of nitrogens with zero attached hydrogens (tertiary/aromatic N) is 2. The molecular formula is C24H21F4N3O3S. The van der Waals surface area contributed by atoms with Crippen LogP contribution in [0.15, 0.2) is 53.9 Å². The Morgan fingerprint density at radius 3 is 2.51 bits per heavy atom. The maximum Gasteiger partial charge on any atom is 0.573 e. The van der Waals surface area contributed by atoms with Crippen LogP contribution in [0.2, 0.25) is 0 Å². The molecule has 3 aromatic rings. The molecule has 2 aromatic carbocycles. The minimum Gasteiger partial charge on any atom is -0.406 e. The van der Waals surface area contributed by atoms with Gasteiger partial charge in [0.1, 0.15) is 17.3 Å². The molecule has 2 heterocycles. The number of alkyl halides is 3. The molecule has 4 rings (SSSR count). The number of carbonyl (C=O) groups excluding carboxylic acids is 2. The van der Waals surface area contributed by atoms with Crippen molar-refractivity contribution in [1.82, 2.24) is 9.88 Å². The molecule has 1 N–H and O–H groups in total. The summed E-state index contributed by atoms with van der Waals surface area (Å²) in [5.74, 6) is -1.24. The lowest BCUT2D eigenvalue weighted by Crippen LogP contribution is -2.38. The highest BCUT2D eigenvalue weighted by Gasteiger charge is 2.31. The molecular weight excluding hydrogens is 486 g/mol. The van der Waals surface area contributed by atoms with E-state index < -0.39 is 18.0 Å². The highest BCUT2D eigenvalue weighted by atomic mass is 32.1. The van der Waals surface area contributed by atoms with E-state index in [0.29, 0.717) is 25.9 Å². The molecule has 0 spiro atoms. The quantitative estimate of drug-likeness (QED) is 0.455. The van der Waals surface area contributed by atoms with Crippen molar-refractivity contribution in [3.63, 3.8) is 0 Å². The van der Waals surface area contributed by atoms with E-state index in [0.717, 1.165) is 22.7 Å². The molecule has 1 fully saturated rings. The predicted molar refractivity (Wildman–Crippen MR) is 122 cm³/mol. The van der Waals surface area contributed by atoms with Crippen LogP contribution in [-0.2, 0) is 11.2 Å². The van der Waals surface area contributed by atoms with Gasteiger partial charge in [0.2, 0.25) is 5.91 Å². The van der Waals surface area contributed by atoms with Gasteiger partial charge in [-0.1, -0.05) is 18.2 Å². The second kappa shape index (κ2) is 10.4. The molecule has 1 saturated heterocycles. The Labute approximate surface area is 202 Å². The molecule has 2 amide bonds. The molecule has 0 atom stereocenters. The number of anilines is 1. The van der Waals surface area contributed by atoms with Gasteiger partial charge in [0, 0.05) is 36.1 Å². The molecule has 184 valence electrons. The number of nitrogens with one attached hydrogen (secondary N) is 1. The monoisotopic (exact) mass is 507 g/mol. The smallest absolute Gasteiger partial charge is 0.406 e. The summed E-state index contributed by atoms with van der Waals surface area (Å²) >= 11 is 1.34. The fourth-order valence-electron chi connectivity index (χ4n) is 3.81. The van der Waals surface area contributed by atoms with Gasteiger partial charge in [0.25, 0.3) is 5.91 Å². The van der Waals surface area contributed by atoms with Crippen LogP contribution in [-0.4, -0.2) is 41.2 Å². The van der Waals surface area contributed by atoms with Gasteiger partial charge in [-0.3, -0.25) is 9.59 Å². The average Bonchev–Trinajstić information content (AvgIpc) is 3.30. The van der Waals surface area contributed by atoms with Crippen molar-refractivity contribution in [1.29, 1.82) is 0 Å². The SMILES string of the molecule is O=C(Nc1cccc(OC(F)(F)F)c1)c1csc(C2CCN(C(=O)Cc3ccc(F)cc3)CC2)n1. The van der Waals surface area contributed by atoms with Crippen LogP contribution in [0.3, 0.4) is 0 Å². The van der Waals surface area contributed by atoms with Gasteiger partial charge in [0.05, 0.1) is 11.4 Å². The van der Waals surface area contributed by atoms with E-state index in [4.69, 9.17) is 0 Å². The lowest BCUT2D eigenvalue weighted by atomic mass is 9.97. The van der Waals surface area contributed by atoms with E-state index >= 15 is 0 Å². The molecule has 0 aliphatic carbocycles. The Kier molecular flexibility index (Phi) is 7.34. The first-order chi connectivity index (χ1) is 16.7. The largest absolute Gasteiger partial charge is 0.573 e. The zero-order chi connectivity index (χ0) is 25.0. The van der Waals surface area contributed by atoms with Gasteiger partial charge in [-0.25, -0.2) is 9.37 Å². The summed E-state index contributed by atoms with van der Waals surface area (Å²) in [6, 6.07) is 10.9. The van der Waals surface area contributed by atoms with Gasteiger partial charge in [-0.15, -0.1) is 24.5 Å². The second-order valence-corrected chi connectivity index (χ2v) is 8.95. The van der Waals surface area contributed by atoms with Gasteiger partial charge >= 0.3 is 6.36 Å². The summed E-state index contributed by atoms with van der Waals surface area (Å²) in [4.78, 5) is 31.3. The van der Waals surface area contributed by atoms with Crippen LogP contribution in [0.25, 0.3) is 0 Å². The number of aromatic nitrogens is 1. The Balaban J connectivity index is 1.30. The molecule has 1 aliphatic heterocycles. The van der Waals surface area contributed by atoms with E-state index in [1.165, 1.54) is 35.6 Å². The van der Waals surface area contributed by atoms with Gasteiger partial charge in [-0.2, -0.15) is 0 Å². The van der Waals surface area contributed by atoms with Crippen molar-refractivity contribution in [2.45, 2.75) is 31.5 Å². The van der Waals surface area contributed by atoms with Crippen molar-refractivity contribution >= 4 is 28.8 Å². The molecule has 11 heteroatoms. The Bertz CT molecular complexity index is 1190. The number of halogens is 4. The number of piperidine rings is 1. The number of likely N-dealkylation sites (tertiary alicyclic amines) is 1.